The van der Waals surface area contributed by atoms with Gasteiger partial charge in [0.1, 0.15) is 0 Å². The predicted octanol–water partition coefficient (Wildman–Crippen LogP) is 1.22. The van der Waals surface area contributed by atoms with Crippen molar-refractivity contribution < 1.29 is 4.79 Å². The highest BCUT2D eigenvalue weighted by Crippen LogP contribution is 2.14. The molecule has 0 aromatic heterocycles. The zero-order valence-corrected chi connectivity index (χ0v) is 12.5. The highest BCUT2D eigenvalue weighted by Gasteiger charge is 2.24. The van der Waals surface area contributed by atoms with Crippen LogP contribution in [0, 0.1) is 11.8 Å². The highest BCUT2D eigenvalue weighted by atomic mass is 16.1. The number of nitrogens with one attached hydrogen (secondary N) is 2. The minimum absolute atomic E-state index is 0.176. The number of piperidine rings is 1. The van der Waals surface area contributed by atoms with Crippen molar-refractivity contribution in [2.75, 3.05) is 32.7 Å². The van der Waals surface area contributed by atoms with Crippen LogP contribution in [0.15, 0.2) is 0 Å². The van der Waals surface area contributed by atoms with Gasteiger partial charge in [-0.25, -0.2) is 0 Å². The van der Waals surface area contributed by atoms with E-state index in [4.69, 9.17) is 0 Å². The van der Waals surface area contributed by atoms with Gasteiger partial charge in [-0.1, -0.05) is 6.92 Å². The summed E-state index contributed by atoms with van der Waals surface area (Å²) in [5, 5.41) is 6.53. The summed E-state index contributed by atoms with van der Waals surface area (Å²) in [6.45, 7) is 9.69. The summed E-state index contributed by atoms with van der Waals surface area (Å²) in [6, 6.07) is 0.568. The predicted molar refractivity (Wildman–Crippen MR) is 78.0 cm³/mol. The van der Waals surface area contributed by atoms with Crippen LogP contribution in [0.3, 0.4) is 0 Å². The van der Waals surface area contributed by atoms with Crippen LogP contribution in [0.5, 0.6) is 0 Å². The van der Waals surface area contributed by atoms with Gasteiger partial charge in [-0.05, 0) is 51.6 Å². The van der Waals surface area contributed by atoms with Crippen LogP contribution in [0.4, 0.5) is 0 Å². The smallest absolute Gasteiger partial charge is 0.224 e. The Bertz CT molecular complexity index is 281. The number of amides is 1. The first-order valence-corrected chi connectivity index (χ1v) is 7.88. The van der Waals surface area contributed by atoms with Crippen molar-refractivity contribution in [1.82, 2.24) is 15.5 Å². The van der Waals surface area contributed by atoms with E-state index in [0.29, 0.717) is 12.0 Å². The molecular weight excluding hydrogens is 238 g/mol. The maximum atomic E-state index is 12.1. The van der Waals surface area contributed by atoms with Gasteiger partial charge < -0.3 is 15.5 Å². The molecule has 110 valence electrons. The molecule has 2 aliphatic heterocycles. The topological polar surface area (TPSA) is 44.4 Å². The van der Waals surface area contributed by atoms with Crippen LogP contribution in [0.2, 0.25) is 0 Å². The van der Waals surface area contributed by atoms with E-state index >= 15 is 0 Å². The lowest BCUT2D eigenvalue weighted by atomic mass is 9.94. The Labute approximate surface area is 117 Å². The molecule has 2 rings (SSSR count). The van der Waals surface area contributed by atoms with Gasteiger partial charge in [-0.2, -0.15) is 0 Å². The minimum atomic E-state index is 0.176. The lowest BCUT2D eigenvalue weighted by Crippen LogP contribution is -2.45. The fraction of sp³-hybridized carbons (Fsp3) is 0.933. The van der Waals surface area contributed by atoms with E-state index in [0.717, 1.165) is 32.5 Å². The summed E-state index contributed by atoms with van der Waals surface area (Å²) < 4.78 is 0. The molecule has 0 aliphatic carbocycles. The third kappa shape index (κ3) is 4.77. The molecule has 0 aromatic rings. The monoisotopic (exact) mass is 267 g/mol. The van der Waals surface area contributed by atoms with Crippen molar-refractivity contribution in [2.24, 2.45) is 11.8 Å². The Hall–Kier alpha value is -0.610. The van der Waals surface area contributed by atoms with Crippen LogP contribution in [0.1, 0.15) is 39.5 Å². The first kappa shape index (κ1) is 14.8. The number of hydrogen-bond donors (Lipinski definition) is 2. The molecule has 4 nitrogen and oxygen atoms in total. The van der Waals surface area contributed by atoms with Crippen molar-refractivity contribution in [1.29, 1.82) is 0 Å². The number of likely N-dealkylation sites (tertiary alicyclic amines) is 1. The molecule has 2 heterocycles. The number of nitrogens with zero attached hydrogens (tertiary/aromatic N) is 1. The summed E-state index contributed by atoms with van der Waals surface area (Å²) in [6.07, 6.45) is 4.82. The number of carbonyl (C=O) groups excluding carboxylic acids is 1. The van der Waals surface area contributed by atoms with E-state index in [-0.39, 0.29) is 11.8 Å². The third-order valence-electron chi connectivity index (χ3n) is 4.42. The van der Waals surface area contributed by atoms with E-state index < -0.39 is 0 Å². The molecule has 0 spiro atoms. The molecule has 2 saturated heterocycles. The molecule has 4 heteroatoms. The summed E-state index contributed by atoms with van der Waals surface area (Å²) in [5.74, 6) is 0.973. The Morgan fingerprint density at radius 2 is 2.11 bits per heavy atom. The molecule has 2 N–H and O–H groups in total. The number of carbonyl (C=O) groups is 1. The Kier molecular flexibility index (Phi) is 5.64. The van der Waals surface area contributed by atoms with Crippen LogP contribution < -0.4 is 10.6 Å². The van der Waals surface area contributed by atoms with Crippen LogP contribution in [-0.2, 0) is 4.79 Å². The molecule has 0 aromatic carbocycles. The molecule has 2 aliphatic rings. The van der Waals surface area contributed by atoms with Gasteiger partial charge in [-0.3, -0.25) is 4.79 Å². The summed E-state index contributed by atoms with van der Waals surface area (Å²) in [4.78, 5) is 14.6. The summed E-state index contributed by atoms with van der Waals surface area (Å²) >= 11 is 0. The quantitative estimate of drug-likeness (QED) is 0.787. The summed E-state index contributed by atoms with van der Waals surface area (Å²) in [7, 11) is 0. The van der Waals surface area contributed by atoms with Gasteiger partial charge in [-0.15, -0.1) is 0 Å². The van der Waals surface area contributed by atoms with Gasteiger partial charge in [0.2, 0.25) is 5.91 Å². The average molecular weight is 267 g/mol. The van der Waals surface area contributed by atoms with Crippen molar-refractivity contribution >= 4 is 5.91 Å². The second-order valence-corrected chi connectivity index (χ2v) is 6.44. The molecule has 0 saturated carbocycles. The van der Waals surface area contributed by atoms with Crippen molar-refractivity contribution in [2.45, 2.75) is 45.6 Å². The van der Waals surface area contributed by atoms with Crippen molar-refractivity contribution in [3.63, 3.8) is 0 Å². The zero-order chi connectivity index (χ0) is 13.7. The second-order valence-electron chi connectivity index (χ2n) is 6.44. The van der Waals surface area contributed by atoms with E-state index in [1.807, 2.05) is 0 Å². The maximum Gasteiger partial charge on any atom is 0.224 e. The third-order valence-corrected chi connectivity index (χ3v) is 4.42. The lowest BCUT2D eigenvalue weighted by molar-refractivity contribution is -0.125. The minimum Gasteiger partial charge on any atom is -0.356 e. The fourth-order valence-corrected chi connectivity index (χ4v) is 3.11. The van der Waals surface area contributed by atoms with Crippen molar-refractivity contribution in [3.8, 4) is 0 Å². The molecular formula is C15H29N3O. The summed E-state index contributed by atoms with van der Waals surface area (Å²) in [5.41, 5.74) is 0. The molecule has 3 atom stereocenters. The Morgan fingerprint density at radius 3 is 2.74 bits per heavy atom. The molecule has 19 heavy (non-hydrogen) atoms. The first-order chi connectivity index (χ1) is 9.15. The van der Waals surface area contributed by atoms with Crippen LogP contribution in [-0.4, -0.2) is 49.6 Å². The standard InChI is InChI=1S/C15H29N3O/c1-12(11-18-7-3-4-8-18)9-17-15(19)14-6-5-13(2)16-10-14/h12-14,16H,3-11H2,1-2H3,(H,17,19). The zero-order valence-electron chi connectivity index (χ0n) is 12.5. The van der Waals surface area contributed by atoms with Crippen LogP contribution in [0.25, 0.3) is 0 Å². The molecule has 2 fully saturated rings. The van der Waals surface area contributed by atoms with Gasteiger partial charge >= 0.3 is 0 Å². The molecule has 3 unspecified atom stereocenters. The molecule has 1 amide bonds. The first-order valence-electron chi connectivity index (χ1n) is 7.88. The van der Waals surface area contributed by atoms with Crippen LogP contribution >= 0.6 is 0 Å². The van der Waals surface area contributed by atoms with Gasteiger partial charge in [0.05, 0.1) is 5.92 Å². The highest BCUT2D eigenvalue weighted by molar-refractivity contribution is 5.78. The lowest BCUT2D eigenvalue weighted by Gasteiger charge is -2.27. The van der Waals surface area contributed by atoms with E-state index in [2.05, 4.69) is 29.4 Å². The normalized spacial score (nSPS) is 30.2. The van der Waals surface area contributed by atoms with Crippen molar-refractivity contribution in [3.05, 3.63) is 0 Å². The second kappa shape index (κ2) is 7.25. The average Bonchev–Trinajstić information content (AvgIpc) is 2.89. The Morgan fingerprint density at radius 1 is 1.37 bits per heavy atom. The molecule has 0 bridgehead atoms. The fourth-order valence-electron chi connectivity index (χ4n) is 3.11. The van der Waals surface area contributed by atoms with E-state index in [9.17, 15) is 4.79 Å². The SMILES string of the molecule is CC(CNC(=O)C1CCC(C)NC1)CN1CCCC1. The Balaban J connectivity index is 1.62. The van der Waals surface area contributed by atoms with Gasteiger partial charge in [0.25, 0.3) is 0 Å². The molecule has 0 radical (unpaired) electrons. The van der Waals surface area contributed by atoms with Gasteiger partial charge in [0, 0.05) is 25.7 Å². The van der Waals surface area contributed by atoms with E-state index in [1.54, 1.807) is 0 Å². The largest absolute Gasteiger partial charge is 0.356 e. The van der Waals surface area contributed by atoms with Gasteiger partial charge in [0.15, 0.2) is 0 Å². The number of rotatable bonds is 5. The number of hydrogen-bond acceptors (Lipinski definition) is 3. The van der Waals surface area contributed by atoms with E-state index in [1.165, 1.54) is 25.9 Å². The maximum absolute atomic E-state index is 12.1.